The van der Waals surface area contributed by atoms with Gasteiger partial charge >= 0.3 is 0 Å². The van der Waals surface area contributed by atoms with E-state index in [2.05, 4.69) is 5.32 Å². The van der Waals surface area contributed by atoms with Crippen molar-refractivity contribution in [3.63, 3.8) is 0 Å². The fraction of sp³-hybridized carbons (Fsp3) is 0.136. The predicted octanol–water partition coefficient (Wildman–Crippen LogP) is 4.23. The molecule has 6 heteroatoms. The lowest BCUT2D eigenvalue weighted by atomic mass is 10.1. The average molecular weight is 379 g/mol. The van der Waals surface area contributed by atoms with Gasteiger partial charge in [-0.3, -0.25) is 4.79 Å². The first-order valence-corrected chi connectivity index (χ1v) is 8.76. The highest BCUT2D eigenvalue weighted by Crippen LogP contribution is 2.34. The predicted molar refractivity (Wildman–Crippen MR) is 101 cm³/mol. The number of hydrogen-bond acceptors (Lipinski definition) is 4. The third-order valence-electron chi connectivity index (χ3n) is 4.47. The fourth-order valence-corrected chi connectivity index (χ4v) is 3.00. The number of ether oxygens (including phenoxy) is 3. The van der Waals surface area contributed by atoms with Crippen LogP contribution in [0.3, 0.4) is 0 Å². The van der Waals surface area contributed by atoms with E-state index in [1.165, 1.54) is 13.2 Å². The molecule has 0 fully saturated rings. The number of nitrogens with one attached hydrogen (secondary N) is 1. The zero-order valence-corrected chi connectivity index (χ0v) is 15.1. The van der Waals surface area contributed by atoms with Crippen LogP contribution in [0.2, 0.25) is 0 Å². The summed E-state index contributed by atoms with van der Waals surface area (Å²) < 4.78 is 30.8. The smallest absolute Gasteiger partial charge is 0.258 e. The van der Waals surface area contributed by atoms with Crippen LogP contribution in [0.5, 0.6) is 17.2 Å². The Morgan fingerprint density at radius 1 is 1.04 bits per heavy atom. The van der Waals surface area contributed by atoms with Crippen molar-refractivity contribution in [2.75, 3.05) is 7.11 Å². The summed E-state index contributed by atoms with van der Waals surface area (Å²) in [5.41, 5.74) is 1.65. The van der Waals surface area contributed by atoms with Crippen LogP contribution in [0, 0.1) is 5.82 Å². The number of hydrogen-bond donors (Lipinski definition) is 1. The molecule has 1 amide bonds. The number of para-hydroxylation sites is 1. The first-order valence-electron chi connectivity index (χ1n) is 8.76. The molecule has 3 aromatic carbocycles. The van der Waals surface area contributed by atoms with E-state index in [1.807, 2.05) is 6.07 Å². The number of carbonyl (C=O) groups excluding carboxylic acids is 1. The molecule has 0 saturated heterocycles. The zero-order chi connectivity index (χ0) is 19.5. The molecule has 0 spiro atoms. The maximum Gasteiger partial charge on any atom is 0.258 e. The van der Waals surface area contributed by atoms with Crippen molar-refractivity contribution in [3.8, 4) is 17.2 Å². The number of rotatable bonds is 5. The molecule has 0 radical (unpaired) electrons. The average Bonchev–Trinajstić information content (AvgIpc) is 2.73. The second-order valence-corrected chi connectivity index (χ2v) is 6.26. The maximum absolute atomic E-state index is 13.8. The SMILES string of the molecule is COc1cc([C@@H]2NC(=O)c3ccccc3O2)ccc1OCc1ccccc1F. The Morgan fingerprint density at radius 3 is 2.64 bits per heavy atom. The summed E-state index contributed by atoms with van der Waals surface area (Å²) >= 11 is 0. The molecule has 28 heavy (non-hydrogen) atoms. The van der Waals surface area contributed by atoms with E-state index in [4.69, 9.17) is 14.2 Å². The Labute approximate surface area is 161 Å². The number of methoxy groups -OCH3 is 1. The van der Waals surface area contributed by atoms with E-state index in [1.54, 1.807) is 54.6 Å². The molecule has 1 atom stereocenters. The van der Waals surface area contributed by atoms with E-state index in [0.717, 1.165) is 0 Å². The van der Waals surface area contributed by atoms with Crippen LogP contribution in [0.25, 0.3) is 0 Å². The second-order valence-electron chi connectivity index (χ2n) is 6.26. The minimum Gasteiger partial charge on any atom is -0.493 e. The van der Waals surface area contributed by atoms with Gasteiger partial charge in [0, 0.05) is 11.1 Å². The highest BCUT2D eigenvalue weighted by Gasteiger charge is 2.27. The Morgan fingerprint density at radius 2 is 1.82 bits per heavy atom. The molecule has 142 valence electrons. The van der Waals surface area contributed by atoms with E-state index in [0.29, 0.717) is 33.9 Å². The van der Waals surface area contributed by atoms with Gasteiger partial charge in [0.25, 0.3) is 5.91 Å². The van der Waals surface area contributed by atoms with E-state index >= 15 is 0 Å². The third-order valence-corrected chi connectivity index (χ3v) is 4.47. The Kier molecular flexibility index (Phi) is 4.85. The lowest BCUT2D eigenvalue weighted by Gasteiger charge is -2.27. The molecule has 1 aliphatic rings. The summed E-state index contributed by atoms with van der Waals surface area (Å²) in [4.78, 5) is 12.3. The number of carbonyl (C=O) groups is 1. The topological polar surface area (TPSA) is 56.8 Å². The Hall–Kier alpha value is -3.54. The minimum absolute atomic E-state index is 0.0758. The van der Waals surface area contributed by atoms with Crippen LogP contribution < -0.4 is 19.5 Å². The van der Waals surface area contributed by atoms with Gasteiger partial charge < -0.3 is 19.5 Å². The quantitative estimate of drug-likeness (QED) is 0.721. The van der Waals surface area contributed by atoms with Gasteiger partial charge in [-0.25, -0.2) is 4.39 Å². The molecular formula is C22H18FNO4. The summed E-state index contributed by atoms with van der Waals surface area (Å²) in [6.45, 7) is 0.0758. The molecule has 1 N–H and O–H groups in total. The molecule has 0 saturated carbocycles. The molecule has 1 aliphatic heterocycles. The minimum atomic E-state index is -0.642. The Balaban J connectivity index is 1.54. The van der Waals surface area contributed by atoms with Crippen LogP contribution >= 0.6 is 0 Å². The zero-order valence-electron chi connectivity index (χ0n) is 15.1. The van der Waals surface area contributed by atoms with Crippen molar-refractivity contribution in [3.05, 3.63) is 89.2 Å². The summed E-state index contributed by atoms with van der Waals surface area (Å²) in [6, 6.07) is 18.7. The van der Waals surface area contributed by atoms with Crippen LogP contribution in [0.4, 0.5) is 4.39 Å². The van der Waals surface area contributed by atoms with E-state index in [-0.39, 0.29) is 18.3 Å². The molecule has 0 aliphatic carbocycles. The first kappa shape index (κ1) is 17.9. The molecule has 1 heterocycles. The van der Waals surface area contributed by atoms with Gasteiger partial charge in [-0.15, -0.1) is 0 Å². The summed E-state index contributed by atoms with van der Waals surface area (Å²) in [5.74, 6) is 0.929. The number of halogens is 1. The van der Waals surface area contributed by atoms with Gasteiger partial charge in [0.2, 0.25) is 0 Å². The van der Waals surface area contributed by atoms with Crippen LogP contribution in [-0.2, 0) is 6.61 Å². The van der Waals surface area contributed by atoms with Crippen LogP contribution in [-0.4, -0.2) is 13.0 Å². The van der Waals surface area contributed by atoms with Crippen LogP contribution in [0.15, 0.2) is 66.7 Å². The highest BCUT2D eigenvalue weighted by molar-refractivity contribution is 5.98. The molecule has 0 aromatic heterocycles. The van der Waals surface area contributed by atoms with Crippen molar-refractivity contribution in [2.24, 2.45) is 0 Å². The first-order chi connectivity index (χ1) is 13.7. The lowest BCUT2D eigenvalue weighted by Crippen LogP contribution is -2.36. The van der Waals surface area contributed by atoms with Gasteiger partial charge in [0.15, 0.2) is 17.7 Å². The number of fused-ring (bicyclic) bond motifs is 1. The largest absolute Gasteiger partial charge is 0.493 e. The van der Waals surface area contributed by atoms with Crippen LogP contribution in [0.1, 0.15) is 27.7 Å². The number of benzene rings is 3. The lowest BCUT2D eigenvalue weighted by molar-refractivity contribution is 0.0755. The maximum atomic E-state index is 13.8. The standard InChI is InChI=1S/C22H18FNO4/c1-26-20-12-14(22-24-21(25)16-7-3-5-9-18(16)28-22)10-11-19(20)27-13-15-6-2-4-8-17(15)23/h2-12,22H,13H2,1H3,(H,24,25)/t22-/m1/s1. The molecule has 4 rings (SSSR count). The van der Waals surface area contributed by atoms with E-state index in [9.17, 15) is 9.18 Å². The van der Waals surface area contributed by atoms with Crippen molar-refractivity contribution in [2.45, 2.75) is 12.8 Å². The van der Waals surface area contributed by atoms with Crippen molar-refractivity contribution >= 4 is 5.91 Å². The monoisotopic (exact) mass is 379 g/mol. The van der Waals surface area contributed by atoms with Gasteiger partial charge in [0.05, 0.1) is 12.7 Å². The highest BCUT2D eigenvalue weighted by atomic mass is 19.1. The third kappa shape index (κ3) is 3.49. The van der Waals surface area contributed by atoms with Crippen molar-refractivity contribution in [1.29, 1.82) is 0 Å². The summed E-state index contributed by atoms with van der Waals surface area (Å²) in [5, 5.41) is 2.82. The van der Waals surface area contributed by atoms with Gasteiger partial charge in [-0.05, 0) is 36.4 Å². The van der Waals surface area contributed by atoms with Crippen molar-refractivity contribution in [1.82, 2.24) is 5.32 Å². The van der Waals surface area contributed by atoms with Gasteiger partial charge in [-0.2, -0.15) is 0 Å². The molecular weight excluding hydrogens is 361 g/mol. The fourth-order valence-electron chi connectivity index (χ4n) is 3.00. The summed E-state index contributed by atoms with van der Waals surface area (Å²) in [7, 11) is 1.52. The molecule has 0 bridgehead atoms. The Bertz CT molecular complexity index is 1020. The molecule has 3 aromatic rings. The summed E-state index contributed by atoms with van der Waals surface area (Å²) in [6.07, 6.45) is -0.642. The normalized spacial score (nSPS) is 15.2. The van der Waals surface area contributed by atoms with Gasteiger partial charge in [0.1, 0.15) is 18.2 Å². The van der Waals surface area contributed by atoms with Gasteiger partial charge in [-0.1, -0.05) is 30.3 Å². The second kappa shape index (κ2) is 7.60. The molecule has 0 unspecified atom stereocenters. The number of amides is 1. The van der Waals surface area contributed by atoms with Crippen molar-refractivity contribution < 1.29 is 23.4 Å². The molecule has 5 nitrogen and oxygen atoms in total. The van der Waals surface area contributed by atoms with E-state index < -0.39 is 6.23 Å².